The molecular formula is C10H16O. The second kappa shape index (κ2) is 5.90. The number of carbonyl (C=O) groups is 1. The summed E-state index contributed by atoms with van der Waals surface area (Å²) in [6, 6.07) is 0. The smallest absolute Gasteiger partial charge is 0.162 e. The van der Waals surface area contributed by atoms with E-state index in [9.17, 15) is 4.79 Å². The lowest BCUT2D eigenvalue weighted by molar-refractivity contribution is -0.115. The zero-order valence-corrected chi connectivity index (χ0v) is 7.39. The van der Waals surface area contributed by atoms with Crippen molar-refractivity contribution < 1.29 is 4.79 Å². The molecule has 0 bridgehead atoms. The number of Topliss-reactive ketones (excluding diaryl/α,β-unsaturated/α-hetero) is 1. The van der Waals surface area contributed by atoms with Gasteiger partial charge in [-0.2, -0.15) is 0 Å². The molecule has 1 heteroatoms. The summed E-state index contributed by atoms with van der Waals surface area (Å²) in [5.74, 6) is 0.212. The Bertz CT molecular complexity index is 166. The molecule has 0 unspecified atom stereocenters. The summed E-state index contributed by atoms with van der Waals surface area (Å²) < 4.78 is 0. The van der Waals surface area contributed by atoms with Crippen LogP contribution in [0.25, 0.3) is 0 Å². The largest absolute Gasteiger partial charge is 0.294 e. The maximum absolute atomic E-state index is 11.2. The Morgan fingerprint density at radius 1 is 1.55 bits per heavy atom. The van der Waals surface area contributed by atoms with Crippen LogP contribution < -0.4 is 0 Å². The molecule has 0 aliphatic heterocycles. The van der Waals surface area contributed by atoms with E-state index in [1.165, 1.54) is 0 Å². The minimum Gasteiger partial charge on any atom is -0.294 e. The predicted octanol–water partition coefficient (Wildman–Crippen LogP) is 2.88. The van der Waals surface area contributed by atoms with E-state index in [0.717, 1.165) is 18.4 Å². The minimum atomic E-state index is 0.212. The highest BCUT2D eigenvalue weighted by Gasteiger charge is 2.02. The van der Waals surface area contributed by atoms with Crippen LogP contribution in [0.4, 0.5) is 0 Å². The van der Waals surface area contributed by atoms with Crippen molar-refractivity contribution in [3.63, 3.8) is 0 Å². The molecule has 11 heavy (non-hydrogen) atoms. The highest BCUT2D eigenvalue weighted by atomic mass is 16.1. The lowest BCUT2D eigenvalue weighted by Gasteiger charge is -1.97. The van der Waals surface area contributed by atoms with Crippen LogP contribution in [0.3, 0.4) is 0 Å². The van der Waals surface area contributed by atoms with Gasteiger partial charge in [-0.15, -0.1) is 0 Å². The molecule has 0 aliphatic rings. The van der Waals surface area contributed by atoms with Gasteiger partial charge < -0.3 is 0 Å². The van der Waals surface area contributed by atoms with E-state index in [0.29, 0.717) is 6.42 Å². The standard InChI is InChI=1S/C10H16O/c1-4-7-8-10(11)9(5-2)6-3/h5-6H,2,4,7-8H2,1,3H3/b9-6+. The number of hydrogen-bond acceptors (Lipinski definition) is 1. The normalized spacial score (nSPS) is 11.3. The van der Waals surface area contributed by atoms with Gasteiger partial charge in [0.2, 0.25) is 0 Å². The van der Waals surface area contributed by atoms with Crippen molar-refractivity contribution in [3.8, 4) is 0 Å². The number of hydrogen-bond donors (Lipinski definition) is 0. The van der Waals surface area contributed by atoms with Gasteiger partial charge in [-0.3, -0.25) is 4.79 Å². The average molecular weight is 152 g/mol. The molecule has 1 nitrogen and oxygen atoms in total. The lowest BCUT2D eigenvalue weighted by Crippen LogP contribution is -1.99. The molecule has 0 aliphatic carbocycles. The molecule has 0 amide bonds. The maximum atomic E-state index is 11.2. The van der Waals surface area contributed by atoms with E-state index in [-0.39, 0.29) is 5.78 Å². The first-order valence-corrected chi connectivity index (χ1v) is 4.08. The molecule has 0 aromatic carbocycles. The molecule has 0 saturated heterocycles. The van der Waals surface area contributed by atoms with Crippen LogP contribution in [0.15, 0.2) is 24.3 Å². The molecule has 0 aromatic rings. The number of allylic oxidation sites excluding steroid dienone is 3. The number of rotatable bonds is 5. The first kappa shape index (κ1) is 10.2. The Balaban J connectivity index is 3.91. The molecule has 0 radical (unpaired) electrons. The number of unbranched alkanes of at least 4 members (excludes halogenated alkanes) is 1. The van der Waals surface area contributed by atoms with Crippen LogP contribution in [0.1, 0.15) is 33.1 Å². The van der Waals surface area contributed by atoms with Gasteiger partial charge in [0.05, 0.1) is 0 Å². The highest BCUT2D eigenvalue weighted by molar-refractivity contribution is 5.97. The van der Waals surface area contributed by atoms with Crippen molar-refractivity contribution in [2.45, 2.75) is 33.1 Å². The van der Waals surface area contributed by atoms with Crippen LogP contribution in [0.5, 0.6) is 0 Å². The summed E-state index contributed by atoms with van der Waals surface area (Å²) in [5.41, 5.74) is 0.749. The highest BCUT2D eigenvalue weighted by Crippen LogP contribution is 2.04. The molecule has 0 atom stereocenters. The van der Waals surface area contributed by atoms with Crippen LogP contribution in [0.2, 0.25) is 0 Å². The second-order valence-electron chi connectivity index (χ2n) is 2.47. The van der Waals surface area contributed by atoms with Crippen molar-refractivity contribution in [1.82, 2.24) is 0 Å². The van der Waals surface area contributed by atoms with Gasteiger partial charge in [0.25, 0.3) is 0 Å². The molecule has 0 N–H and O–H groups in total. The van der Waals surface area contributed by atoms with E-state index in [2.05, 4.69) is 13.5 Å². The van der Waals surface area contributed by atoms with Gasteiger partial charge in [-0.25, -0.2) is 0 Å². The predicted molar refractivity (Wildman–Crippen MR) is 48.5 cm³/mol. The van der Waals surface area contributed by atoms with Crippen molar-refractivity contribution in [1.29, 1.82) is 0 Å². The molecule has 0 rings (SSSR count). The van der Waals surface area contributed by atoms with E-state index in [1.807, 2.05) is 13.0 Å². The fourth-order valence-corrected chi connectivity index (χ4v) is 0.874. The molecule has 0 aromatic heterocycles. The van der Waals surface area contributed by atoms with Gasteiger partial charge >= 0.3 is 0 Å². The number of ketones is 1. The van der Waals surface area contributed by atoms with Gasteiger partial charge in [-0.1, -0.05) is 32.1 Å². The van der Waals surface area contributed by atoms with Crippen molar-refractivity contribution in [2.75, 3.05) is 0 Å². The van der Waals surface area contributed by atoms with E-state index < -0.39 is 0 Å². The van der Waals surface area contributed by atoms with Gasteiger partial charge in [0, 0.05) is 12.0 Å². The van der Waals surface area contributed by atoms with Crippen LogP contribution in [-0.4, -0.2) is 5.78 Å². The third-order valence-electron chi connectivity index (χ3n) is 1.61. The quantitative estimate of drug-likeness (QED) is 0.437. The maximum Gasteiger partial charge on any atom is 0.162 e. The Morgan fingerprint density at radius 2 is 2.18 bits per heavy atom. The molecule has 0 spiro atoms. The molecular weight excluding hydrogens is 136 g/mol. The van der Waals surface area contributed by atoms with Gasteiger partial charge in [0.15, 0.2) is 5.78 Å². The average Bonchev–Trinajstić information content (AvgIpc) is 2.03. The van der Waals surface area contributed by atoms with Gasteiger partial charge in [-0.05, 0) is 13.3 Å². The summed E-state index contributed by atoms with van der Waals surface area (Å²) >= 11 is 0. The summed E-state index contributed by atoms with van der Waals surface area (Å²) in [5, 5.41) is 0. The van der Waals surface area contributed by atoms with E-state index >= 15 is 0 Å². The Labute approximate surface area is 68.8 Å². The SMILES string of the molecule is C=C/C(=C\C)C(=O)CCCC. The summed E-state index contributed by atoms with van der Waals surface area (Å²) in [6.07, 6.45) is 6.13. The summed E-state index contributed by atoms with van der Waals surface area (Å²) in [7, 11) is 0. The van der Waals surface area contributed by atoms with Crippen LogP contribution in [-0.2, 0) is 4.79 Å². The van der Waals surface area contributed by atoms with Crippen LogP contribution in [0, 0.1) is 0 Å². The lowest BCUT2D eigenvalue weighted by atomic mass is 10.1. The second-order valence-corrected chi connectivity index (χ2v) is 2.47. The first-order valence-electron chi connectivity index (χ1n) is 4.08. The van der Waals surface area contributed by atoms with Crippen molar-refractivity contribution in [2.24, 2.45) is 0 Å². The number of carbonyl (C=O) groups excluding carboxylic acids is 1. The fraction of sp³-hybridized carbons (Fsp3) is 0.500. The zero-order valence-electron chi connectivity index (χ0n) is 7.39. The first-order chi connectivity index (χ1) is 5.26. The van der Waals surface area contributed by atoms with Gasteiger partial charge in [0.1, 0.15) is 0 Å². The Hall–Kier alpha value is -0.850. The fourth-order valence-electron chi connectivity index (χ4n) is 0.874. The topological polar surface area (TPSA) is 17.1 Å². The monoisotopic (exact) mass is 152 g/mol. The summed E-state index contributed by atoms with van der Waals surface area (Å²) in [6.45, 7) is 7.51. The summed E-state index contributed by atoms with van der Waals surface area (Å²) in [4.78, 5) is 11.2. The van der Waals surface area contributed by atoms with Crippen molar-refractivity contribution in [3.05, 3.63) is 24.3 Å². The molecule has 0 heterocycles. The molecule has 62 valence electrons. The minimum absolute atomic E-state index is 0.212. The molecule has 0 fully saturated rings. The van der Waals surface area contributed by atoms with Crippen LogP contribution >= 0.6 is 0 Å². The van der Waals surface area contributed by atoms with Crippen molar-refractivity contribution >= 4 is 5.78 Å². The third-order valence-corrected chi connectivity index (χ3v) is 1.61. The van der Waals surface area contributed by atoms with E-state index in [1.54, 1.807) is 6.08 Å². The molecule has 0 saturated carbocycles. The van der Waals surface area contributed by atoms with E-state index in [4.69, 9.17) is 0 Å². The zero-order chi connectivity index (χ0) is 8.69. The Morgan fingerprint density at radius 3 is 2.55 bits per heavy atom. The third kappa shape index (κ3) is 3.76. The Kier molecular flexibility index (Phi) is 5.44.